The SMILES string of the molecule is Cc1pc(C#N)n2ccccc12. The van der Waals surface area contributed by atoms with Gasteiger partial charge in [-0.1, -0.05) is 6.07 Å². The summed E-state index contributed by atoms with van der Waals surface area (Å²) in [6.07, 6.45) is 1.93. The summed E-state index contributed by atoms with van der Waals surface area (Å²) < 4.78 is 1.94. The lowest BCUT2D eigenvalue weighted by Crippen LogP contribution is -1.84. The van der Waals surface area contributed by atoms with Crippen LogP contribution in [0.5, 0.6) is 0 Å². The Morgan fingerprint density at radius 3 is 3.08 bits per heavy atom. The monoisotopic (exact) mass is 174 g/mol. The summed E-state index contributed by atoms with van der Waals surface area (Å²) in [6, 6.07) is 8.16. The van der Waals surface area contributed by atoms with Crippen LogP contribution in [0.2, 0.25) is 0 Å². The molecule has 0 aliphatic carbocycles. The number of rotatable bonds is 0. The molecule has 12 heavy (non-hydrogen) atoms. The van der Waals surface area contributed by atoms with Gasteiger partial charge in [-0.25, -0.2) is 0 Å². The van der Waals surface area contributed by atoms with Gasteiger partial charge < -0.3 is 4.40 Å². The van der Waals surface area contributed by atoms with E-state index in [1.165, 1.54) is 5.30 Å². The van der Waals surface area contributed by atoms with Crippen molar-refractivity contribution in [3.05, 3.63) is 35.1 Å². The van der Waals surface area contributed by atoms with Crippen LogP contribution in [0.15, 0.2) is 24.4 Å². The van der Waals surface area contributed by atoms with Gasteiger partial charge in [-0.05, 0) is 27.2 Å². The lowest BCUT2D eigenvalue weighted by molar-refractivity contribution is 1.17. The fraction of sp³-hybridized carbons (Fsp3) is 0.111. The lowest BCUT2D eigenvalue weighted by Gasteiger charge is -1.93. The van der Waals surface area contributed by atoms with Crippen molar-refractivity contribution in [1.82, 2.24) is 4.40 Å². The molecule has 0 atom stereocenters. The second-order valence-corrected chi connectivity index (χ2v) is 3.91. The molecule has 0 amide bonds. The van der Waals surface area contributed by atoms with Gasteiger partial charge in [0, 0.05) is 11.5 Å². The molecule has 0 radical (unpaired) electrons. The summed E-state index contributed by atoms with van der Waals surface area (Å²) in [5.41, 5.74) is 1.94. The van der Waals surface area contributed by atoms with Crippen LogP contribution in [0.25, 0.3) is 5.52 Å². The van der Waals surface area contributed by atoms with Crippen LogP contribution in [0.4, 0.5) is 0 Å². The third kappa shape index (κ3) is 0.913. The van der Waals surface area contributed by atoms with Crippen molar-refractivity contribution in [3.63, 3.8) is 0 Å². The van der Waals surface area contributed by atoms with Crippen LogP contribution in [-0.4, -0.2) is 4.40 Å². The molecule has 0 aliphatic rings. The van der Waals surface area contributed by atoms with Crippen LogP contribution in [-0.2, 0) is 0 Å². The molecule has 0 saturated heterocycles. The van der Waals surface area contributed by atoms with Crippen LogP contribution in [0.1, 0.15) is 10.7 Å². The molecule has 2 rings (SSSR count). The largest absolute Gasteiger partial charge is 0.304 e. The number of hydrogen-bond acceptors (Lipinski definition) is 1. The van der Waals surface area contributed by atoms with Crippen LogP contribution in [0.3, 0.4) is 0 Å². The number of aryl methyl sites for hydroxylation is 1. The lowest BCUT2D eigenvalue weighted by atomic mass is 10.4. The van der Waals surface area contributed by atoms with E-state index in [2.05, 4.69) is 13.0 Å². The van der Waals surface area contributed by atoms with Gasteiger partial charge in [-0.15, -0.1) is 0 Å². The number of pyridine rings is 1. The smallest absolute Gasteiger partial charge is 0.152 e. The molecule has 0 aliphatic heterocycles. The Hall–Kier alpha value is -1.32. The predicted octanol–water partition coefficient (Wildman–Crippen LogP) is 2.70. The molecule has 0 spiro atoms. The molecule has 2 heterocycles. The van der Waals surface area contributed by atoms with E-state index in [1.54, 1.807) is 0 Å². The van der Waals surface area contributed by atoms with Crippen molar-refractivity contribution in [2.24, 2.45) is 0 Å². The van der Waals surface area contributed by atoms with E-state index in [4.69, 9.17) is 5.26 Å². The molecule has 0 bridgehead atoms. The zero-order chi connectivity index (χ0) is 8.55. The molecule has 2 aromatic rings. The van der Waals surface area contributed by atoms with E-state index in [1.807, 2.05) is 28.8 Å². The summed E-state index contributed by atoms with van der Waals surface area (Å²) in [4.78, 5) is 0. The molecule has 58 valence electrons. The molecule has 3 heteroatoms. The minimum atomic E-state index is 0.795. The molecule has 0 saturated carbocycles. The first-order valence-electron chi connectivity index (χ1n) is 3.66. The maximum Gasteiger partial charge on any atom is 0.152 e. The van der Waals surface area contributed by atoms with Crippen LogP contribution < -0.4 is 0 Å². The number of aromatic nitrogens is 1. The summed E-state index contributed by atoms with van der Waals surface area (Å²) in [7, 11) is 1.04. The summed E-state index contributed by atoms with van der Waals surface area (Å²) >= 11 is 0. The Kier molecular flexibility index (Phi) is 1.60. The highest BCUT2D eigenvalue weighted by Crippen LogP contribution is 2.25. The predicted molar refractivity (Wildman–Crippen MR) is 49.4 cm³/mol. The van der Waals surface area contributed by atoms with E-state index in [0.29, 0.717) is 0 Å². The zero-order valence-electron chi connectivity index (χ0n) is 6.65. The average molecular weight is 174 g/mol. The van der Waals surface area contributed by atoms with Crippen LogP contribution in [0, 0.1) is 18.3 Å². The minimum Gasteiger partial charge on any atom is -0.304 e. The average Bonchev–Trinajstić information content (AvgIpc) is 2.44. The molecular weight excluding hydrogens is 167 g/mol. The van der Waals surface area contributed by atoms with Gasteiger partial charge in [0.25, 0.3) is 0 Å². The van der Waals surface area contributed by atoms with E-state index in [0.717, 1.165) is 19.1 Å². The van der Waals surface area contributed by atoms with E-state index in [-0.39, 0.29) is 0 Å². The van der Waals surface area contributed by atoms with Crippen molar-refractivity contribution in [3.8, 4) is 6.07 Å². The van der Waals surface area contributed by atoms with E-state index >= 15 is 0 Å². The van der Waals surface area contributed by atoms with Gasteiger partial charge >= 0.3 is 0 Å². The molecule has 0 aromatic carbocycles. The maximum absolute atomic E-state index is 8.80. The molecule has 2 nitrogen and oxygen atoms in total. The highest BCUT2D eigenvalue weighted by atomic mass is 31.0. The quantitative estimate of drug-likeness (QED) is 0.603. The first kappa shape index (κ1) is 7.34. The molecular formula is C9H7N2P. The first-order valence-corrected chi connectivity index (χ1v) is 4.56. The van der Waals surface area contributed by atoms with Crippen molar-refractivity contribution in [2.75, 3.05) is 0 Å². The fourth-order valence-electron chi connectivity index (χ4n) is 1.27. The number of fused-ring (bicyclic) bond motifs is 1. The standard InChI is InChI=1S/C9H7N2P/c1-7-8-4-2-3-5-11(8)9(6-10)12-7/h2-5H,1H3. The van der Waals surface area contributed by atoms with Gasteiger partial charge in [-0.3, -0.25) is 0 Å². The zero-order valence-corrected chi connectivity index (χ0v) is 7.55. The second-order valence-electron chi connectivity index (χ2n) is 2.59. The molecule has 0 N–H and O–H groups in total. The van der Waals surface area contributed by atoms with Gasteiger partial charge in [0.1, 0.15) is 6.07 Å². The van der Waals surface area contributed by atoms with E-state index < -0.39 is 0 Å². The van der Waals surface area contributed by atoms with Crippen molar-refractivity contribution < 1.29 is 0 Å². The third-order valence-corrected chi connectivity index (χ3v) is 2.92. The number of nitriles is 1. The first-order chi connectivity index (χ1) is 5.83. The van der Waals surface area contributed by atoms with Crippen molar-refractivity contribution >= 4 is 13.7 Å². The highest BCUT2D eigenvalue weighted by Gasteiger charge is 2.03. The maximum atomic E-state index is 8.80. The second kappa shape index (κ2) is 2.62. The summed E-state index contributed by atoms with van der Waals surface area (Å²) in [5, 5.41) is 10.0. The van der Waals surface area contributed by atoms with E-state index in [9.17, 15) is 0 Å². The Morgan fingerprint density at radius 2 is 2.33 bits per heavy atom. The molecule has 0 fully saturated rings. The highest BCUT2D eigenvalue weighted by molar-refractivity contribution is 7.32. The number of hydrogen-bond donors (Lipinski definition) is 0. The normalized spacial score (nSPS) is 10.7. The van der Waals surface area contributed by atoms with Crippen molar-refractivity contribution in [2.45, 2.75) is 6.92 Å². The number of nitrogens with zero attached hydrogens (tertiary/aromatic N) is 2. The third-order valence-electron chi connectivity index (χ3n) is 1.83. The minimum absolute atomic E-state index is 0.795. The topological polar surface area (TPSA) is 28.2 Å². The molecule has 0 unspecified atom stereocenters. The Bertz CT molecular complexity index is 465. The Labute approximate surface area is 72.2 Å². The fourth-order valence-corrected chi connectivity index (χ4v) is 2.22. The van der Waals surface area contributed by atoms with Gasteiger partial charge in [0.15, 0.2) is 5.43 Å². The summed E-state index contributed by atoms with van der Waals surface area (Å²) in [6.45, 7) is 2.05. The van der Waals surface area contributed by atoms with Crippen molar-refractivity contribution in [1.29, 1.82) is 5.26 Å². The molecule has 2 aromatic heterocycles. The Balaban J connectivity index is 2.94. The van der Waals surface area contributed by atoms with Crippen LogP contribution >= 0.6 is 8.19 Å². The van der Waals surface area contributed by atoms with Gasteiger partial charge in [-0.2, -0.15) is 5.26 Å². The summed E-state index contributed by atoms with van der Waals surface area (Å²) in [5.74, 6) is 0. The van der Waals surface area contributed by atoms with Gasteiger partial charge in [0.2, 0.25) is 0 Å². The Morgan fingerprint density at radius 1 is 1.50 bits per heavy atom. The van der Waals surface area contributed by atoms with Gasteiger partial charge in [0.05, 0.1) is 5.52 Å².